The first-order valence-corrected chi connectivity index (χ1v) is 7.32. The number of nitrogens with one attached hydrogen (secondary N) is 1. The first-order valence-electron chi connectivity index (χ1n) is 5.26. The van der Waals surface area contributed by atoms with Crippen LogP contribution >= 0.6 is 0 Å². The molecule has 1 unspecified atom stereocenters. The molecule has 0 aromatic heterocycles. The summed E-state index contributed by atoms with van der Waals surface area (Å²) in [6, 6.07) is 3.89. The smallest absolute Gasteiger partial charge is 0.335 e. The number of hydrogen-bond acceptors (Lipinski definition) is 5. The summed E-state index contributed by atoms with van der Waals surface area (Å²) in [4.78, 5) is 10.8. The largest absolute Gasteiger partial charge is 0.478 e. The molecule has 0 radical (unpaired) electrons. The minimum atomic E-state index is -3.10. The molecule has 6 nitrogen and oxygen atoms in total. The molecule has 0 aliphatic heterocycles. The van der Waals surface area contributed by atoms with E-state index in [9.17, 15) is 13.2 Å². The number of hydrogen-bond donors (Lipinski definition) is 3. The standard InChI is InChI=1S/C11H16N2O4S/c1-7(6-18(2,16)17)13-10-5-8(11(14)15)3-4-9(10)12/h3-5,7,13H,6,12H2,1-2H3,(H,14,15). The third kappa shape index (κ3) is 4.25. The molecular weight excluding hydrogens is 256 g/mol. The van der Waals surface area contributed by atoms with Crippen molar-refractivity contribution in [2.24, 2.45) is 0 Å². The SMILES string of the molecule is CC(CS(C)(=O)=O)Nc1cc(C(=O)O)ccc1N. The Labute approximate surface area is 106 Å². The van der Waals surface area contributed by atoms with Gasteiger partial charge < -0.3 is 16.2 Å². The summed E-state index contributed by atoms with van der Waals surface area (Å²) in [7, 11) is -3.10. The van der Waals surface area contributed by atoms with Crippen LogP contribution in [0.4, 0.5) is 11.4 Å². The molecule has 1 rings (SSSR count). The maximum atomic E-state index is 11.1. The van der Waals surface area contributed by atoms with Crippen molar-refractivity contribution in [3.05, 3.63) is 23.8 Å². The third-order valence-electron chi connectivity index (χ3n) is 2.25. The predicted molar refractivity (Wildman–Crippen MR) is 70.6 cm³/mol. The lowest BCUT2D eigenvalue weighted by Gasteiger charge is -2.16. The normalized spacial score (nSPS) is 13.0. The van der Waals surface area contributed by atoms with Crippen LogP contribution in [-0.2, 0) is 9.84 Å². The topological polar surface area (TPSA) is 109 Å². The van der Waals surface area contributed by atoms with E-state index in [-0.39, 0.29) is 17.4 Å². The van der Waals surface area contributed by atoms with E-state index in [0.29, 0.717) is 11.4 Å². The van der Waals surface area contributed by atoms with Gasteiger partial charge in [-0.3, -0.25) is 0 Å². The number of carboxylic acids is 1. The number of carbonyl (C=O) groups is 1. The van der Waals surface area contributed by atoms with Gasteiger partial charge in [0.25, 0.3) is 0 Å². The van der Waals surface area contributed by atoms with Crippen LogP contribution in [0.15, 0.2) is 18.2 Å². The maximum absolute atomic E-state index is 11.1. The average Bonchev–Trinajstić information content (AvgIpc) is 2.18. The highest BCUT2D eigenvalue weighted by molar-refractivity contribution is 7.90. The summed E-state index contributed by atoms with van der Waals surface area (Å²) in [5, 5.41) is 11.8. The Morgan fingerprint density at radius 2 is 2.11 bits per heavy atom. The summed E-state index contributed by atoms with van der Waals surface area (Å²) in [5.74, 6) is -1.11. The third-order valence-corrected chi connectivity index (χ3v) is 3.36. The number of sulfone groups is 1. The molecule has 0 aliphatic carbocycles. The molecule has 1 atom stereocenters. The Morgan fingerprint density at radius 1 is 1.50 bits per heavy atom. The van der Waals surface area contributed by atoms with E-state index in [0.717, 1.165) is 6.26 Å². The molecule has 100 valence electrons. The lowest BCUT2D eigenvalue weighted by Crippen LogP contribution is -2.25. The van der Waals surface area contributed by atoms with Crippen molar-refractivity contribution in [1.82, 2.24) is 0 Å². The molecule has 1 aromatic rings. The molecule has 0 bridgehead atoms. The molecule has 0 saturated carbocycles. The number of anilines is 2. The maximum Gasteiger partial charge on any atom is 0.335 e. The summed E-state index contributed by atoms with van der Waals surface area (Å²) in [6.45, 7) is 1.69. The Morgan fingerprint density at radius 3 is 2.61 bits per heavy atom. The highest BCUT2D eigenvalue weighted by Crippen LogP contribution is 2.21. The number of rotatable bonds is 5. The van der Waals surface area contributed by atoms with Gasteiger partial charge in [-0.05, 0) is 25.1 Å². The number of benzene rings is 1. The Kier molecular flexibility index (Phi) is 4.18. The molecule has 0 spiro atoms. The first kappa shape index (κ1) is 14.3. The van der Waals surface area contributed by atoms with Gasteiger partial charge in [0.05, 0.1) is 22.7 Å². The number of nitrogens with two attached hydrogens (primary N) is 1. The second kappa shape index (κ2) is 5.26. The second-order valence-electron chi connectivity index (χ2n) is 4.24. The van der Waals surface area contributed by atoms with Crippen molar-refractivity contribution >= 4 is 27.2 Å². The molecular formula is C11H16N2O4S. The molecule has 0 fully saturated rings. The van der Waals surface area contributed by atoms with Crippen molar-refractivity contribution in [3.8, 4) is 0 Å². The fraction of sp³-hybridized carbons (Fsp3) is 0.364. The van der Waals surface area contributed by atoms with Gasteiger partial charge >= 0.3 is 5.97 Å². The summed E-state index contributed by atoms with van der Waals surface area (Å²) in [5.41, 5.74) is 6.59. The van der Waals surface area contributed by atoms with Crippen LogP contribution < -0.4 is 11.1 Å². The van der Waals surface area contributed by atoms with Crippen molar-refractivity contribution in [2.75, 3.05) is 23.1 Å². The van der Waals surface area contributed by atoms with Crippen LogP contribution in [0.3, 0.4) is 0 Å². The van der Waals surface area contributed by atoms with E-state index < -0.39 is 15.8 Å². The molecule has 18 heavy (non-hydrogen) atoms. The van der Waals surface area contributed by atoms with Gasteiger partial charge in [0.2, 0.25) is 0 Å². The van der Waals surface area contributed by atoms with Gasteiger partial charge in [-0.15, -0.1) is 0 Å². The highest BCUT2D eigenvalue weighted by atomic mass is 32.2. The first-order chi connectivity index (χ1) is 8.19. The molecule has 0 heterocycles. The Hall–Kier alpha value is -1.76. The second-order valence-corrected chi connectivity index (χ2v) is 6.43. The quantitative estimate of drug-likeness (QED) is 0.684. The minimum absolute atomic E-state index is 0.0518. The zero-order valence-corrected chi connectivity index (χ0v) is 11.0. The molecule has 4 N–H and O–H groups in total. The van der Waals surface area contributed by atoms with Gasteiger partial charge in [-0.25, -0.2) is 13.2 Å². The molecule has 0 aliphatic rings. The van der Waals surface area contributed by atoms with Crippen LogP contribution in [0, 0.1) is 0 Å². The van der Waals surface area contributed by atoms with Crippen LogP contribution in [-0.4, -0.2) is 37.5 Å². The lowest BCUT2D eigenvalue weighted by molar-refractivity contribution is 0.0697. The zero-order chi connectivity index (χ0) is 13.9. The summed E-state index contributed by atoms with van der Waals surface area (Å²) >= 11 is 0. The minimum Gasteiger partial charge on any atom is -0.478 e. The summed E-state index contributed by atoms with van der Waals surface area (Å²) in [6.07, 6.45) is 1.14. The molecule has 0 amide bonds. The van der Waals surface area contributed by atoms with E-state index in [1.807, 2.05) is 0 Å². The number of carboxylic acid groups (broad SMARTS) is 1. The van der Waals surface area contributed by atoms with Gasteiger partial charge in [-0.1, -0.05) is 0 Å². The van der Waals surface area contributed by atoms with E-state index in [2.05, 4.69) is 5.32 Å². The van der Waals surface area contributed by atoms with Crippen LogP contribution in [0.2, 0.25) is 0 Å². The van der Waals surface area contributed by atoms with Crippen LogP contribution in [0.25, 0.3) is 0 Å². The lowest BCUT2D eigenvalue weighted by atomic mass is 10.1. The molecule has 1 aromatic carbocycles. The van der Waals surface area contributed by atoms with Gasteiger partial charge in [0.15, 0.2) is 0 Å². The van der Waals surface area contributed by atoms with Gasteiger partial charge in [-0.2, -0.15) is 0 Å². The predicted octanol–water partition coefficient (Wildman–Crippen LogP) is 0.812. The average molecular weight is 272 g/mol. The van der Waals surface area contributed by atoms with E-state index in [4.69, 9.17) is 10.8 Å². The Balaban J connectivity index is 2.90. The number of aromatic carboxylic acids is 1. The Bertz CT molecular complexity index is 554. The highest BCUT2D eigenvalue weighted by Gasteiger charge is 2.13. The number of nitrogen functional groups attached to an aromatic ring is 1. The van der Waals surface area contributed by atoms with Crippen LogP contribution in [0.1, 0.15) is 17.3 Å². The summed E-state index contributed by atoms with van der Waals surface area (Å²) < 4.78 is 22.3. The van der Waals surface area contributed by atoms with E-state index in [1.165, 1.54) is 18.2 Å². The van der Waals surface area contributed by atoms with Crippen molar-refractivity contribution in [1.29, 1.82) is 0 Å². The zero-order valence-electron chi connectivity index (χ0n) is 10.2. The monoisotopic (exact) mass is 272 g/mol. The fourth-order valence-electron chi connectivity index (χ4n) is 1.58. The van der Waals surface area contributed by atoms with Gasteiger partial charge in [0.1, 0.15) is 9.84 Å². The fourth-order valence-corrected chi connectivity index (χ4v) is 2.57. The van der Waals surface area contributed by atoms with E-state index >= 15 is 0 Å². The van der Waals surface area contributed by atoms with Gasteiger partial charge in [0, 0.05) is 12.3 Å². The molecule has 7 heteroatoms. The van der Waals surface area contributed by atoms with Crippen molar-refractivity contribution in [3.63, 3.8) is 0 Å². The molecule has 0 saturated heterocycles. The van der Waals surface area contributed by atoms with Crippen molar-refractivity contribution in [2.45, 2.75) is 13.0 Å². The van der Waals surface area contributed by atoms with E-state index in [1.54, 1.807) is 6.92 Å². The van der Waals surface area contributed by atoms with Crippen LogP contribution in [0.5, 0.6) is 0 Å². The van der Waals surface area contributed by atoms with Crippen molar-refractivity contribution < 1.29 is 18.3 Å².